The van der Waals surface area contributed by atoms with Crippen LogP contribution in [0.15, 0.2) is 18.2 Å². The summed E-state index contributed by atoms with van der Waals surface area (Å²) in [7, 11) is 3.17. The second-order valence-corrected chi connectivity index (χ2v) is 4.65. The SMILES string of the molecule is COc1ccc(OC)c(C(N)CC(C)CC(=O)O)c1. The van der Waals surface area contributed by atoms with Crippen molar-refractivity contribution in [3.63, 3.8) is 0 Å². The summed E-state index contributed by atoms with van der Waals surface area (Å²) < 4.78 is 10.4. The Hall–Kier alpha value is -1.75. The Bertz CT molecular complexity index is 433. The van der Waals surface area contributed by atoms with Crippen LogP contribution in [0.4, 0.5) is 0 Å². The zero-order chi connectivity index (χ0) is 14.4. The minimum absolute atomic E-state index is 0.00315. The maximum atomic E-state index is 10.7. The Labute approximate surface area is 113 Å². The molecule has 2 atom stereocenters. The summed E-state index contributed by atoms with van der Waals surface area (Å²) >= 11 is 0. The molecule has 0 fully saturated rings. The van der Waals surface area contributed by atoms with Crippen molar-refractivity contribution in [3.8, 4) is 11.5 Å². The fourth-order valence-electron chi connectivity index (χ4n) is 2.07. The average molecular weight is 267 g/mol. The van der Waals surface area contributed by atoms with Crippen LogP contribution in [0, 0.1) is 5.92 Å². The molecule has 0 spiro atoms. The molecule has 5 nitrogen and oxygen atoms in total. The predicted octanol–water partition coefficient (Wildman–Crippen LogP) is 2.20. The van der Waals surface area contributed by atoms with E-state index in [1.165, 1.54) is 0 Å². The van der Waals surface area contributed by atoms with Gasteiger partial charge >= 0.3 is 5.97 Å². The molecule has 0 heterocycles. The molecular formula is C14H21NO4. The zero-order valence-electron chi connectivity index (χ0n) is 11.6. The van der Waals surface area contributed by atoms with Crippen LogP contribution in [0.5, 0.6) is 11.5 Å². The largest absolute Gasteiger partial charge is 0.497 e. The molecule has 1 aromatic carbocycles. The lowest BCUT2D eigenvalue weighted by atomic mass is 9.94. The van der Waals surface area contributed by atoms with E-state index >= 15 is 0 Å². The number of hydrogen-bond acceptors (Lipinski definition) is 4. The first-order valence-corrected chi connectivity index (χ1v) is 6.17. The average Bonchev–Trinajstić information content (AvgIpc) is 2.36. The molecule has 1 aromatic rings. The topological polar surface area (TPSA) is 81.8 Å². The van der Waals surface area contributed by atoms with Gasteiger partial charge in [0.25, 0.3) is 0 Å². The van der Waals surface area contributed by atoms with Crippen LogP contribution in [-0.2, 0) is 4.79 Å². The monoisotopic (exact) mass is 267 g/mol. The van der Waals surface area contributed by atoms with Crippen molar-refractivity contribution in [1.82, 2.24) is 0 Å². The molecule has 0 aliphatic heterocycles. The number of ether oxygens (including phenoxy) is 2. The zero-order valence-corrected chi connectivity index (χ0v) is 11.6. The number of rotatable bonds is 7. The molecule has 0 aromatic heterocycles. The first-order chi connectivity index (χ1) is 8.97. The van der Waals surface area contributed by atoms with Gasteiger partial charge in [0, 0.05) is 18.0 Å². The van der Waals surface area contributed by atoms with Gasteiger partial charge in [-0.3, -0.25) is 4.79 Å². The highest BCUT2D eigenvalue weighted by atomic mass is 16.5. The standard InChI is InChI=1S/C14H21NO4/c1-9(7-14(16)17)6-12(15)11-8-10(18-2)4-5-13(11)19-3/h4-5,8-9,12H,6-7,15H2,1-3H3,(H,16,17). The molecule has 0 aliphatic carbocycles. The highest BCUT2D eigenvalue weighted by Gasteiger charge is 2.17. The number of carbonyl (C=O) groups is 1. The third-order valence-electron chi connectivity index (χ3n) is 3.02. The maximum Gasteiger partial charge on any atom is 0.303 e. The second kappa shape index (κ2) is 6.99. The van der Waals surface area contributed by atoms with E-state index in [2.05, 4.69) is 0 Å². The quantitative estimate of drug-likeness (QED) is 0.791. The number of carboxylic acid groups (broad SMARTS) is 1. The fourth-order valence-corrected chi connectivity index (χ4v) is 2.07. The van der Waals surface area contributed by atoms with E-state index in [-0.39, 0.29) is 18.4 Å². The molecule has 0 amide bonds. The molecule has 106 valence electrons. The van der Waals surface area contributed by atoms with E-state index in [0.29, 0.717) is 17.9 Å². The highest BCUT2D eigenvalue weighted by molar-refractivity contribution is 5.66. The van der Waals surface area contributed by atoms with Crippen molar-refractivity contribution in [1.29, 1.82) is 0 Å². The summed E-state index contributed by atoms with van der Waals surface area (Å²) in [4.78, 5) is 10.7. The van der Waals surface area contributed by atoms with Gasteiger partial charge in [-0.2, -0.15) is 0 Å². The first-order valence-electron chi connectivity index (χ1n) is 6.17. The Morgan fingerprint density at radius 2 is 2.05 bits per heavy atom. The molecule has 1 rings (SSSR count). The number of benzene rings is 1. The van der Waals surface area contributed by atoms with Gasteiger partial charge in [0.05, 0.1) is 14.2 Å². The van der Waals surface area contributed by atoms with Crippen molar-refractivity contribution in [2.75, 3.05) is 14.2 Å². The molecule has 5 heteroatoms. The predicted molar refractivity (Wildman–Crippen MR) is 72.5 cm³/mol. The fraction of sp³-hybridized carbons (Fsp3) is 0.500. The summed E-state index contributed by atoms with van der Waals surface area (Å²) in [5, 5.41) is 8.76. The summed E-state index contributed by atoms with van der Waals surface area (Å²) in [6.45, 7) is 1.88. The van der Waals surface area contributed by atoms with Crippen LogP contribution in [-0.4, -0.2) is 25.3 Å². The molecule has 0 saturated carbocycles. The van der Waals surface area contributed by atoms with Crippen molar-refractivity contribution in [2.24, 2.45) is 11.7 Å². The van der Waals surface area contributed by atoms with Crippen LogP contribution in [0.25, 0.3) is 0 Å². The Kier molecular flexibility index (Phi) is 5.63. The normalized spacial score (nSPS) is 13.7. The number of aliphatic carboxylic acids is 1. The van der Waals surface area contributed by atoms with Crippen molar-refractivity contribution in [2.45, 2.75) is 25.8 Å². The van der Waals surface area contributed by atoms with Crippen LogP contribution in [0.1, 0.15) is 31.4 Å². The lowest BCUT2D eigenvalue weighted by Gasteiger charge is -2.19. The van der Waals surface area contributed by atoms with Gasteiger partial charge < -0.3 is 20.3 Å². The Morgan fingerprint density at radius 1 is 1.37 bits per heavy atom. The van der Waals surface area contributed by atoms with Gasteiger partial charge in [-0.15, -0.1) is 0 Å². The van der Waals surface area contributed by atoms with Gasteiger partial charge in [0.2, 0.25) is 0 Å². The third-order valence-corrected chi connectivity index (χ3v) is 3.02. The molecule has 0 aliphatic rings. The van der Waals surface area contributed by atoms with Crippen molar-refractivity contribution in [3.05, 3.63) is 23.8 Å². The summed E-state index contributed by atoms with van der Waals surface area (Å²) in [6, 6.07) is 5.15. The van der Waals surface area contributed by atoms with Crippen molar-refractivity contribution < 1.29 is 19.4 Å². The molecule has 3 N–H and O–H groups in total. The second-order valence-electron chi connectivity index (χ2n) is 4.65. The number of carboxylic acids is 1. The van der Waals surface area contributed by atoms with E-state index in [4.69, 9.17) is 20.3 Å². The minimum Gasteiger partial charge on any atom is -0.497 e. The van der Waals surface area contributed by atoms with Gasteiger partial charge in [0.15, 0.2) is 0 Å². The molecule has 19 heavy (non-hydrogen) atoms. The van der Waals surface area contributed by atoms with Crippen LogP contribution >= 0.6 is 0 Å². The van der Waals surface area contributed by atoms with Crippen LogP contribution < -0.4 is 15.2 Å². The van der Waals surface area contributed by atoms with Gasteiger partial charge in [-0.05, 0) is 30.5 Å². The summed E-state index contributed by atoms with van der Waals surface area (Å²) in [5.74, 6) is 0.591. The van der Waals surface area contributed by atoms with E-state index < -0.39 is 5.97 Å². The highest BCUT2D eigenvalue weighted by Crippen LogP contribution is 2.31. The number of hydrogen-bond donors (Lipinski definition) is 2. The van der Waals surface area contributed by atoms with Crippen LogP contribution in [0.3, 0.4) is 0 Å². The van der Waals surface area contributed by atoms with Gasteiger partial charge in [-0.1, -0.05) is 6.92 Å². The maximum absolute atomic E-state index is 10.7. The van der Waals surface area contributed by atoms with E-state index in [0.717, 1.165) is 5.56 Å². The molecule has 0 saturated heterocycles. The van der Waals surface area contributed by atoms with Gasteiger partial charge in [-0.25, -0.2) is 0 Å². The number of methoxy groups -OCH3 is 2. The third kappa shape index (κ3) is 4.44. The van der Waals surface area contributed by atoms with E-state index in [1.807, 2.05) is 13.0 Å². The molecule has 0 radical (unpaired) electrons. The summed E-state index contributed by atoms with van der Waals surface area (Å²) in [5.41, 5.74) is 6.98. The van der Waals surface area contributed by atoms with Gasteiger partial charge in [0.1, 0.15) is 11.5 Å². The molecule has 0 bridgehead atoms. The lowest BCUT2D eigenvalue weighted by molar-refractivity contribution is -0.138. The molecule has 2 unspecified atom stereocenters. The van der Waals surface area contributed by atoms with Crippen molar-refractivity contribution >= 4 is 5.97 Å². The van der Waals surface area contributed by atoms with E-state index in [9.17, 15) is 4.79 Å². The lowest BCUT2D eigenvalue weighted by Crippen LogP contribution is -2.17. The smallest absolute Gasteiger partial charge is 0.303 e. The Balaban J connectivity index is 2.84. The Morgan fingerprint density at radius 3 is 2.58 bits per heavy atom. The minimum atomic E-state index is -0.808. The van der Waals surface area contributed by atoms with E-state index in [1.54, 1.807) is 26.4 Å². The summed E-state index contributed by atoms with van der Waals surface area (Å²) in [6.07, 6.45) is 0.690. The molecular weight excluding hydrogens is 246 g/mol. The van der Waals surface area contributed by atoms with Crippen LogP contribution in [0.2, 0.25) is 0 Å². The number of nitrogens with two attached hydrogens (primary N) is 1. The first kappa shape index (κ1) is 15.3.